The van der Waals surface area contributed by atoms with Crippen molar-refractivity contribution in [2.45, 2.75) is 57.0 Å². The van der Waals surface area contributed by atoms with E-state index in [0.717, 1.165) is 47.9 Å². The minimum atomic E-state index is 0.223. The average molecular weight is 335 g/mol. The number of pyridine rings is 1. The van der Waals surface area contributed by atoms with Crippen molar-refractivity contribution in [2.75, 3.05) is 0 Å². The highest BCUT2D eigenvalue weighted by atomic mass is 16.2. The van der Waals surface area contributed by atoms with E-state index in [4.69, 9.17) is 0 Å². The Morgan fingerprint density at radius 2 is 1.68 bits per heavy atom. The van der Waals surface area contributed by atoms with E-state index >= 15 is 0 Å². The van der Waals surface area contributed by atoms with Crippen LogP contribution in [-0.4, -0.2) is 14.1 Å². The van der Waals surface area contributed by atoms with Crippen LogP contribution in [0.5, 0.6) is 0 Å². The summed E-state index contributed by atoms with van der Waals surface area (Å²) in [6, 6.07) is 6.82. The SMILES string of the molecule is O=c1n(C2C3CC4CC(C3)CC2C4)cc(-c2ccccn2)n1C1CC1. The highest BCUT2D eigenvalue weighted by molar-refractivity contribution is 5.54. The van der Waals surface area contributed by atoms with Crippen LogP contribution in [0.4, 0.5) is 0 Å². The Morgan fingerprint density at radius 3 is 2.28 bits per heavy atom. The fourth-order valence-electron chi connectivity index (χ4n) is 6.43. The molecule has 2 aromatic rings. The van der Waals surface area contributed by atoms with Gasteiger partial charge < -0.3 is 0 Å². The summed E-state index contributed by atoms with van der Waals surface area (Å²) in [7, 11) is 0. The van der Waals surface area contributed by atoms with Gasteiger partial charge in [0, 0.05) is 24.5 Å². The van der Waals surface area contributed by atoms with Crippen LogP contribution >= 0.6 is 0 Å². The van der Waals surface area contributed by atoms with Gasteiger partial charge in [-0.3, -0.25) is 14.1 Å². The summed E-state index contributed by atoms with van der Waals surface area (Å²) in [4.78, 5) is 17.9. The molecule has 4 nitrogen and oxygen atoms in total. The van der Waals surface area contributed by atoms with E-state index in [9.17, 15) is 4.79 Å². The average Bonchev–Trinajstić information content (AvgIpc) is 3.39. The Bertz CT molecular complexity index is 833. The topological polar surface area (TPSA) is 39.8 Å². The van der Waals surface area contributed by atoms with Gasteiger partial charge in [-0.25, -0.2) is 4.79 Å². The summed E-state index contributed by atoms with van der Waals surface area (Å²) in [6.45, 7) is 0. The van der Waals surface area contributed by atoms with Gasteiger partial charge in [0.1, 0.15) is 0 Å². The lowest BCUT2D eigenvalue weighted by Crippen LogP contribution is -2.48. The van der Waals surface area contributed by atoms with Crippen LogP contribution in [0, 0.1) is 23.7 Å². The number of hydrogen-bond donors (Lipinski definition) is 0. The summed E-state index contributed by atoms with van der Waals surface area (Å²) >= 11 is 0. The third-order valence-corrected chi connectivity index (χ3v) is 7.29. The molecule has 5 aliphatic carbocycles. The Morgan fingerprint density at radius 1 is 0.960 bits per heavy atom. The van der Waals surface area contributed by atoms with Crippen LogP contribution in [0.1, 0.15) is 57.0 Å². The van der Waals surface area contributed by atoms with Gasteiger partial charge in [0.25, 0.3) is 0 Å². The first-order chi connectivity index (χ1) is 12.3. The Hall–Kier alpha value is -1.84. The molecule has 0 spiro atoms. The van der Waals surface area contributed by atoms with Crippen LogP contribution < -0.4 is 5.69 Å². The summed E-state index contributed by atoms with van der Waals surface area (Å²) in [6.07, 6.45) is 13.1. The largest absolute Gasteiger partial charge is 0.329 e. The lowest BCUT2D eigenvalue weighted by molar-refractivity contribution is -0.0305. The summed E-state index contributed by atoms with van der Waals surface area (Å²) in [5.74, 6) is 3.33. The first-order valence-electron chi connectivity index (χ1n) is 10.0. The third kappa shape index (κ3) is 2.12. The second-order valence-corrected chi connectivity index (χ2v) is 8.94. The second kappa shape index (κ2) is 5.09. The first kappa shape index (κ1) is 14.3. The van der Waals surface area contributed by atoms with Gasteiger partial charge in [-0.2, -0.15) is 0 Å². The van der Waals surface area contributed by atoms with Crippen LogP contribution in [0.2, 0.25) is 0 Å². The molecular weight excluding hydrogens is 310 g/mol. The Kier molecular flexibility index (Phi) is 2.92. The first-order valence-corrected chi connectivity index (χ1v) is 10.0. The maximum absolute atomic E-state index is 13.4. The van der Waals surface area contributed by atoms with Crippen molar-refractivity contribution in [1.82, 2.24) is 14.1 Å². The molecule has 0 amide bonds. The Balaban J connectivity index is 1.48. The maximum Gasteiger partial charge on any atom is 0.329 e. The van der Waals surface area contributed by atoms with Crippen molar-refractivity contribution in [3.05, 3.63) is 41.1 Å². The third-order valence-electron chi connectivity index (χ3n) is 7.29. The lowest BCUT2D eigenvalue weighted by atomic mass is 9.54. The van der Waals surface area contributed by atoms with Crippen molar-refractivity contribution < 1.29 is 0 Å². The summed E-state index contributed by atoms with van der Waals surface area (Å²) in [5, 5.41) is 0. The maximum atomic E-state index is 13.4. The van der Waals surface area contributed by atoms with Crippen LogP contribution in [0.3, 0.4) is 0 Å². The zero-order chi connectivity index (χ0) is 16.5. The van der Waals surface area contributed by atoms with Gasteiger partial charge in [0.2, 0.25) is 0 Å². The molecule has 5 fully saturated rings. The molecule has 5 saturated carbocycles. The zero-order valence-electron chi connectivity index (χ0n) is 14.6. The smallest absolute Gasteiger partial charge is 0.295 e. The van der Waals surface area contributed by atoms with Crippen LogP contribution in [0.15, 0.2) is 35.4 Å². The fraction of sp³-hybridized carbons (Fsp3) is 0.619. The molecule has 2 aromatic heterocycles. The van der Waals surface area contributed by atoms with Crippen molar-refractivity contribution in [3.8, 4) is 11.4 Å². The van der Waals surface area contributed by atoms with E-state index < -0.39 is 0 Å². The van der Waals surface area contributed by atoms with E-state index in [0.29, 0.717) is 12.1 Å². The van der Waals surface area contributed by atoms with Crippen molar-refractivity contribution in [1.29, 1.82) is 0 Å². The van der Waals surface area contributed by atoms with Crippen molar-refractivity contribution >= 4 is 0 Å². The predicted octanol–water partition coefficient (Wildman–Crippen LogP) is 4.04. The molecule has 2 heterocycles. The molecule has 4 bridgehead atoms. The highest BCUT2D eigenvalue weighted by Gasteiger charge is 2.49. The molecule has 4 heteroatoms. The quantitative estimate of drug-likeness (QED) is 0.849. The van der Waals surface area contributed by atoms with E-state index in [-0.39, 0.29) is 5.69 Å². The monoisotopic (exact) mass is 335 g/mol. The zero-order valence-corrected chi connectivity index (χ0v) is 14.6. The van der Waals surface area contributed by atoms with Gasteiger partial charge in [0.15, 0.2) is 0 Å². The standard InChI is InChI=1S/C21H25N3O/c25-21-23(20-15-8-13-7-14(10-15)11-16(20)9-13)12-19(24(21)17-4-5-17)18-3-1-2-6-22-18/h1-3,6,12-17,20H,4-5,7-11H2. The molecule has 0 saturated heterocycles. The van der Waals surface area contributed by atoms with Crippen molar-refractivity contribution in [3.63, 3.8) is 0 Å². The second-order valence-electron chi connectivity index (χ2n) is 8.94. The molecule has 5 aliphatic rings. The molecule has 7 rings (SSSR count). The van der Waals surface area contributed by atoms with E-state index in [2.05, 4.69) is 15.7 Å². The van der Waals surface area contributed by atoms with E-state index in [1.807, 2.05) is 29.0 Å². The lowest BCUT2D eigenvalue weighted by Gasteiger charge is -2.54. The summed E-state index contributed by atoms with van der Waals surface area (Å²) < 4.78 is 4.18. The highest BCUT2D eigenvalue weighted by Crippen LogP contribution is 2.58. The minimum Gasteiger partial charge on any atom is -0.295 e. The number of rotatable bonds is 3. The number of imidazole rings is 1. The van der Waals surface area contributed by atoms with Gasteiger partial charge in [-0.15, -0.1) is 0 Å². The number of aromatic nitrogens is 3. The predicted molar refractivity (Wildman–Crippen MR) is 96.3 cm³/mol. The van der Waals surface area contributed by atoms with E-state index in [1.54, 1.807) is 0 Å². The molecule has 0 atom stereocenters. The molecule has 0 unspecified atom stereocenters. The molecule has 0 aromatic carbocycles. The van der Waals surface area contributed by atoms with Crippen molar-refractivity contribution in [2.24, 2.45) is 23.7 Å². The molecular formula is C21H25N3O. The van der Waals surface area contributed by atoms with Gasteiger partial charge in [-0.1, -0.05) is 6.07 Å². The fourth-order valence-corrected chi connectivity index (χ4v) is 6.43. The normalized spacial score (nSPS) is 36.1. The molecule has 0 N–H and O–H groups in total. The number of hydrogen-bond acceptors (Lipinski definition) is 2. The molecule has 0 radical (unpaired) electrons. The van der Waals surface area contributed by atoms with E-state index in [1.165, 1.54) is 32.1 Å². The summed E-state index contributed by atoms with van der Waals surface area (Å²) in [5.41, 5.74) is 2.19. The van der Waals surface area contributed by atoms with Crippen LogP contribution in [-0.2, 0) is 0 Å². The van der Waals surface area contributed by atoms with Crippen LogP contribution in [0.25, 0.3) is 11.4 Å². The molecule has 25 heavy (non-hydrogen) atoms. The number of nitrogens with zero attached hydrogens (tertiary/aromatic N) is 3. The van der Waals surface area contributed by atoms with Gasteiger partial charge in [0.05, 0.1) is 11.4 Å². The minimum absolute atomic E-state index is 0.223. The Labute approximate surface area is 147 Å². The van der Waals surface area contributed by atoms with Gasteiger partial charge >= 0.3 is 5.69 Å². The van der Waals surface area contributed by atoms with Gasteiger partial charge in [-0.05, 0) is 80.8 Å². The molecule has 130 valence electrons. The molecule has 0 aliphatic heterocycles.